The van der Waals surface area contributed by atoms with E-state index in [2.05, 4.69) is 33.6 Å². The van der Waals surface area contributed by atoms with Crippen LogP contribution in [-0.4, -0.2) is 19.7 Å². The van der Waals surface area contributed by atoms with Gasteiger partial charge in [0.2, 0.25) is 0 Å². The lowest BCUT2D eigenvalue weighted by atomic mass is 10.2. The largest absolute Gasteiger partial charge is 0.302 e. The van der Waals surface area contributed by atoms with Crippen LogP contribution in [-0.2, 0) is 12.3 Å². The molecule has 0 N–H and O–H groups in total. The van der Waals surface area contributed by atoms with E-state index in [-0.39, 0.29) is 5.82 Å². The van der Waals surface area contributed by atoms with Crippen LogP contribution in [0.2, 0.25) is 0 Å². The van der Waals surface area contributed by atoms with Crippen LogP contribution < -0.4 is 0 Å². The molecule has 0 saturated heterocycles. The Labute approximate surface area is 145 Å². The zero-order valence-electron chi connectivity index (χ0n) is 13.7. The normalized spacial score (nSPS) is 11.2. The summed E-state index contributed by atoms with van der Waals surface area (Å²) in [5, 5.41) is 9.47. The molecule has 3 aromatic rings. The lowest BCUT2D eigenvalue weighted by Crippen LogP contribution is -2.08. The van der Waals surface area contributed by atoms with Gasteiger partial charge < -0.3 is 4.57 Å². The topological polar surface area (TPSA) is 43.6 Å². The first kappa shape index (κ1) is 16.6. The third kappa shape index (κ3) is 3.82. The summed E-state index contributed by atoms with van der Waals surface area (Å²) in [6.07, 6.45) is 3.49. The predicted molar refractivity (Wildman–Crippen MR) is 94.1 cm³/mol. The number of hydrogen-bond donors (Lipinski definition) is 0. The van der Waals surface area contributed by atoms with E-state index >= 15 is 0 Å². The Morgan fingerprint density at radius 3 is 2.54 bits per heavy atom. The van der Waals surface area contributed by atoms with Gasteiger partial charge in [-0.25, -0.2) is 4.39 Å². The molecule has 0 spiro atoms. The Morgan fingerprint density at radius 2 is 1.83 bits per heavy atom. The second-order valence-corrected chi connectivity index (χ2v) is 6.87. The number of aromatic nitrogens is 4. The lowest BCUT2D eigenvalue weighted by molar-refractivity contribution is 0.498. The fourth-order valence-electron chi connectivity index (χ4n) is 2.40. The Balaban J connectivity index is 1.88. The summed E-state index contributed by atoms with van der Waals surface area (Å²) in [4.78, 5) is 4.05. The number of benzene rings is 1. The molecule has 0 unspecified atom stereocenters. The average Bonchev–Trinajstić information content (AvgIpc) is 2.97. The van der Waals surface area contributed by atoms with Gasteiger partial charge in [-0.3, -0.25) is 4.98 Å². The standard InChI is InChI=1S/C18H19FN4S/c1-13(2)11-23-17(14-7-9-20-10-8-14)21-22-18(23)24-12-15-5-3-4-6-16(15)19/h3-10,13H,11-12H2,1-2H3. The van der Waals surface area contributed by atoms with E-state index in [1.54, 1.807) is 24.5 Å². The maximum atomic E-state index is 13.8. The third-order valence-electron chi connectivity index (χ3n) is 3.52. The molecule has 0 bridgehead atoms. The average molecular weight is 342 g/mol. The number of nitrogens with zero attached hydrogens (tertiary/aromatic N) is 4. The predicted octanol–water partition coefficient (Wildman–Crippen LogP) is 4.43. The monoisotopic (exact) mass is 342 g/mol. The fraction of sp³-hybridized carbons (Fsp3) is 0.278. The lowest BCUT2D eigenvalue weighted by Gasteiger charge is -2.12. The molecule has 6 heteroatoms. The van der Waals surface area contributed by atoms with Crippen LogP contribution >= 0.6 is 11.8 Å². The Bertz CT molecular complexity index is 802. The van der Waals surface area contributed by atoms with Crippen molar-refractivity contribution in [1.29, 1.82) is 0 Å². The SMILES string of the molecule is CC(C)Cn1c(SCc2ccccc2F)nnc1-c1ccncc1. The van der Waals surface area contributed by atoms with Crippen LogP contribution in [0.25, 0.3) is 11.4 Å². The quantitative estimate of drug-likeness (QED) is 0.622. The molecule has 0 aliphatic rings. The number of pyridine rings is 1. The van der Waals surface area contributed by atoms with Crippen LogP contribution in [0, 0.1) is 11.7 Å². The van der Waals surface area contributed by atoms with Crippen LogP contribution in [0.1, 0.15) is 19.4 Å². The molecule has 24 heavy (non-hydrogen) atoms. The van der Waals surface area contributed by atoms with E-state index in [0.717, 1.165) is 23.1 Å². The fourth-order valence-corrected chi connectivity index (χ4v) is 3.33. The van der Waals surface area contributed by atoms with Gasteiger partial charge in [-0.15, -0.1) is 10.2 Å². The van der Waals surface area contributed by atoms with Crippen molar-refractivity contribution in [2.24, 2.45) is 5.92 Å². The van der Waals surface area contributed by atoms with Gasteiger partial charge in [0.05, 0.1) is 0 Å². The summed E-state index contributed by atoms with van der Waals surface area (Å²) >= 11 is 1.51. The molecule has 124 valence electrons. The smallest absolute Gasteiger partial charge is 0.191 e. The Hall–Kier alpha value is -2.21. The summed E-state index contributed by atoms with van der Waals surface area (Å²) < 4.78 is 15.9. The highest BCUT2D eigenvalue weighted by Crippen LogP contribution is 2.27. The van der Waals surface area contributed by atoms with E-state index in [1.165, 1.54) is 17.8 Å². The molecule has 2 aromatic heterocycles. The number of rotatable bonds is 6. The summed E-state index contributed by atoms with van der Waals surface area (Å²) in [6.45, 7) is 5.12. The van der Waals surface area contributed by atoms with Crippen LogP contribution in [0.4, 0.5) is 4.39 Å². The molecule has 0 atom stereocenters. The number of halogens is 1. The molecular weight excluding hydrogens is 323 g/mol. The minimum atomic E-state index is -0.186. The number of thioether (sulfide) groups is 1. The second kappa shape index (κ2) is 7.57. The van der Waals surface area contributed by atoms with E-state index in [1.807, 2.05) is 18.2 Å². The highest BCUT2D eigenvalue weighted by molar-refractivity contribution is 7.98. The highest BCUT2D eigenvalue weighted by atomic mass is 32.2. The number of hydrogen-bond acceptors (Lipinski definition) is 4. The van der Waals surface area contributed by atoms with Gasteiger partial charge in [-0.1, -0.05) is 43.8 Å². The van der Waals surface area contributed by atoms with E-state index < -0.39 is 0 Å². The third-order valence-corrected chi connectivity index (χ3v) is 4.53. The molecule has 3 rings (SSSR count). The van der Waals surface area contributed by atoms with Gasteiger partial charge in [0.25, 0.3) is 0 Å². The molecule has 0 fully saturated rings. The van der Waals surface area contributed by atoms with Crippen molar-refractivity contribution in [3.8, 4) is 11.4 Å². The Kier molecular flexibility index (Phi) is 5.25. The molecule has 2 heterocycles. The molecule has 0 amide bonds. The van der Waals surface area contributed by atoms with Crippen molar-refractivity contribution >= 4 is 11.8 Å². The van der Waals surface area contributed by atoms with E-state index in [9.17, 15) is 4.39 Å². The van der Waals surface area contributed by atoms with Gasteiger partial charge in [-0.2, -0.15) is 0 Å². The minimum Gasteiger partial charge on any atom is -0.302 e. The van der Waals surface area contributed by atoms with Crippen molar-refractivity contribution in [2.75, 3.05) is 0 Å². The summed E-state index contributed by atoms with van der Waals surface area (Å²) in [6, 6.07) is 10.7. The molecule has 4 nitrogen and oxygen atoms in total. The van der Waals surface area contributed by atoms with Gasteiger partial charge in [0.1, 0.15) is 5.82 Å². The second-order valence-electron chi connectivity index (χ2n) is 5.93. The molecule has 1 aromatic carbocycles. The van der Waals surface area contributed by atoms with Gasteiger partial charge >= 0.3 is 0 Å². The van der Waals surface area contributed by atoms with Crippen molar-refractivity contribution in [2.45, 2.75) is 31.3 Å². The molecule has 0 saturated carbocycles. The maximum Gasteiger partial charge on any atom is 0.191 e. The van der Waals surface area contributed by atoms with Crippen LogP contribution in [0.5, 0.6) is 0 Å². The van der Waals surface area contributed by atoms with Crippen molar-refractivity contribution in [1.82, 2.24) is 19.7 Å². The molecular formula is C18H19FN4S. The Morgan fingerprint density at radius 1 is 1.08 bits per heavy atom. The first-order valence-electron chi connectivity index (χ1n) is 7.85. The van der Waals surface area contributed by atoms with Gasteiger partial charge in [0.15, 0.2) is 11.0 Å². The summed E-state index contributed by atoms with van der Waals surface area (Å²) in [5.74, 6) is 1.62. The first-order chi connectivity index (χ1) is 11.6. The van der Waals surface area contributed by atoms with E-state index in [4.69, 9.17) is 0 Å². The van der Waals surface area contributed by atoms with Gasteiger partial charge in [-0.05, 0) is 29.7 Å². The maximum absolute atomic E-state index is 13.8. The van der Waals surface area contributed by atoms with Crippen LogP contribution in [0.15, 0.2) is 53.9 Å². The summed E-state index contributed by atoms with van der Waals surface area (Å²) in [7, 11) is 0. The first-order valence-corrected chi connectivity index (χ1v) is 8.83. The van der Waals surface area contributed by atoms with Crippen molar-refractivity contribution < 1.29 is 4.39 Å². The highest BCUT2D eigenvalue weighted by Gasteiger charge is 2.16. The van der Waals surface area contributed by atoms with Crippen molar-refractivity contribution in [3.05, 3.63) is 60.2 Å². The molecule has 0 radical (unpaired) electrons. The van der Waals surface area contributed by atoms with Gasteiger partial charge in [0, 0.05) is 30.3 Å². The van der Waals surface area contributed by atoms with E-state index in [0.29, 0.717) is 17.2 Å². The van der Waals surface area contributed by atoms with Crippen LogP contribution in [0.3, 0.4) is 0 Å². The molecule has 0 aliphatic heterocycles. The zero-order valence-corrected chi connectivity index (χ0v) is 14.5. The zero-order chi connectivity index (χ0) is 16.9. The van der Waals surface area contributed by atoms with Crippen molar-refractivity contribution in [3.63, 3.8) is 0 Å². The minimum absolute atomic E-state index is 0.186. The molecule has 0 aliphatic carbocycles. The summed E-state index contributed by atoms with van der Waals surface area (Å²) in [5.41, 5.74) is 1.66.